The zero-order chi connectivity index (χ0) is 10.7. The van der Waals surface area contributed by atoms with Gasteiger partial charge in [0.05, 0.1) is 0 Å². The Morgan fingerprint density at radius 3 is 1.27 bits per heavy atom. The third kappa shape index (κ3) is 2.13. The van der Waals surface area contributed by atoms with Gasteiger partial charge in [-0.3, -0.25) is 0 Å². The standard InChI is InChI=1S/C12H14AsN2/c14-13(15,11-7-3-1-4-8-11)12-9-5-2-6-10-12/h1-10H,14-15H2. The Balaban J connectivity index is 2.44. The van der Waals surface area contributed by atoms with Crippen LogP contribution in [0.3, 0.4) is 0 Å². The van der Waals surface area contributed by atoms with Crippen LogP contribution < -0.4 is 18.0 Å². The third-order valence-corrected chi connectivity index (χ3v) is 7.20. The first-order valence-electron chi connectivity index (χ1n) is 4.78. The van der Waals surface area contributed by atoms with Crippen LogP contribution in [0.2, 0.25) is 0 Å². The van der Waals surface area contributed by atoms with Crippen LogP contribution in [-0.4, -0.2) is 14.0 Å². The molecule has 0 aliphatic carbocycles. The Labute approximate surface area is 92.8 Å². The molecule has 0 aliphatic rings. The quantitative estimate of drug-likeness (QED) is 0.757. The maximum atomic E-state index is 6.31. The van der Waals surface area contributed by atoms with E-state index in [1.165, 1.54) is 0 Å². The van der Waals surface area contributed by atoms with Crippen molar-refractivity contribution in [3.63, 3.8) is 0 Å². The third-order valence-electron chi connectivity index (χ3n) is 2.37. The Morgan fingerprint density at radius 2 is 0.933 bits per heavy atom. The molecular formula is C12H14AsN2. The average Bonchev–Trinajstić information content (AvgIpc) is 2.31. The molecule has 0 saturated heterocycles. The van der Waals surface area contributed by atoms with Gasteiger partial charge in [0.25, 0.3) is 0 Å². The van der Waals surface area contributed by atoms with Crippen LogP contribution in [0, 0.1) is 0 Å². The van der Waals surface area contributed by atoms with E-state index < -0.39 is 14.0 Å². The Kier molecular flexibility index (Phi) is 2.92. The molecule has 0 aromatic heterocycles. The van der Waals surface area contributed by atoms with Crippen molar-refractivity contribution < 1.29 is 0 Å². The van der Waals surface area contributed by atoms with Gasteiger partial charge in [-0.05, 0) is 0 Å². The molecule has 0 unspecified atom stereocenters. The van der Waals surface area contributed by atoms with Gasteiger partial charge < -0.3 is 0 Å². The van der Waals surface area contributed by atoms with Gasteiger partial charge in [0.1, 0.15) is 0 Å². The molecule has 1 radical (unpaired) electrons. The summed E-state index contributed by atoms with van der Waals surface area (Å²) in [4.78, 5) is 0. The second-order valence-electron chi connectivity index (χ2n) is 3.45. The molecule has 0 amide bonds. The molecule has 0 spiro atoms. The van der Waals surface area contributed by atoms with Gasteiger partial charge in [0.2, 0.25) is 0 Å². The molecule has 0 saturated carbocycles. The number of nitrogens with two attached hydrogens (primary N) is 2. The van der Waals surface area contributed by atoms with E-state index in [0.29, 0.717) is 0 Å². The topological polar surface area (TPSA) is 52.0 Å². The summed E-state index contributed by atoms with van der Waals surface area (Å²) in [5, 5.41) is 0. The van der Waals surface area contributed by atoms with E-state index >= 15 is 0 Å². The van der Waals surface area contributed by atoms with Crippen molar-refractivity contribution in [2.24, 2.45) is 9.30 Å². The fourth-order valence-corrected chi connectivity index (χ4v) is 4.92. The van der Waals surface area contributed by atoms with Crippen molar-refractivity contribution in [3.8, 4) is 0 Å². The SMILES string of the molecule is N[As](N)(c1ccccc1)c1ccccc1. The molecule has 2 aromatic carbocycles. The van der Waals surface area contributed by atoms with Crippen LogP contribution in [0.25, 0.3) is 0 Å². The predicted molar refractivity (Wildman–Crippen MR) is 66.3 cm³/mol. The Hall–Kier alpha value is -1.08. The van der Waals surface area contributed by atoms with E-state index in [4.69, 9.17) is 9.30 Å². The summed E-state index contributed by atoms with van der Waals surface area (Å²) in [5.41, 5.74) is 0. The van der Waals surface area contributed by atoms with E-state index in [9.17, 15) is 0 Å². The molecule has 2 rings (SSSR count). The molecular weight excluding hydrogens is 247 g/mol. The summed E-state index contributed by atoms with van der Waals surface area (Å²) in [6, 6.07) is 19.9. The molecule has 0 atom stereocenters. The zero-order valence-corrected chi connectivity index (χ0v) is 10.3. The molecule has 4 N–H and O–H groups in total. The molecule has 2 nitrogen and oxygen atoms in total. The second kappa shape index (κ2) is 4.19. The van der Waals surface area contributed by atoms with Crippen molar-refractivity contribution in [2.45, 2.75) is 0 Å². The summed E-state index contributed by atoms with van der Waals surface area (Å²) in [6.07, 6.45) is 0. The van der Waals surface area contributed by atoms with Crippen molar-refractivity contribution in [1.29, 1.82) is 0 Å². The maximum absolute atomic E-state index is 6.31. The van der Waals surface area contributed by atoms with Gasteiger partial charge in [-0.2, -0.15) is 0 Å². The molecule has 15 heavy (non-hydrogen) atoms. The van der Waals surface area contributed by atoms with Gasteiger partial charge >= 0.3 is 92.7 Å². The summed E-state index contributed by atoms with van der Waals surface area (Å²) in [6.45, 7) is 0. The first-order chi connectivity index (χ1) is 7.21. The summed E-state index contributed by atoms with van der Waals surface area (Å²) in [7, 11) is 0. The minimum atomic E-state index is -2.82. The van der Waals surface area contributed by atoms with E-state index in [1.807, 2.05) is 60.7 Å². The number of rotatable bonds is 2. The summed E-state index contributed by atoms with van der Waals surface area (Å²) >= 11 is -2.82. The molecule has 0 heterocycles. The normalized spacial score (nSPS) is 11.3. The molecule has 0 bridgehead atoms. The second-order valence-corrected chi connectivity index (χ2v) is 8.88. The fraction of sp³-hybridized carbons (Fsp3) is 0. The fourth-order valence-electron chi connectivity index (χ4n) is 1.50. The van der Waals surface area contributed by atoms with Gasteiger partial charge in [0, 0.05) is 0 Å². The molecule has 0 fully saturated rings. The van der Waals surface area contributed by atoms with Crippen LogP contribution in [-0.2, 0) is 0 Å². The first-order valence-corrected chi connectivity index (χ1v) is 8.83. The van der Waals surface area contributed by atoms with Crippen LogP contribution in [0.5, 0.6) is 0 Å². The van der Waals surface area contributed by atoms with Crippen molar-refractivity contribution in [2.75, 3.05) is 0 Å². The van der Waals surface area contributed by atoms with E-state index in [1.54, 1.807) is 0 Å². The van der Waals surface area contributed by atoms with Crippen molar-refractivity contribution >= 4 is 22.7 Å². The van der Waals surface area contributed by atoms with Gasteiger partial charge in [-0.1, -0.05) is 0 Å². The molecule has 0 aliphatic heterocycles. The van der Waals surface area contributed by atoms with E-state index in [2.05, 4.69) is 0 Å². The summed E-state index contributed by atoms with van der Waals surface area (Å²) in [5.74, 6) is 0. The van der Waals surface area contributed by atoms with Crippen LogP contribution in [0.1, 0.15) is 0 Å². The molecule has 77 valence electrons. The van der Waals surface area contributed by atoms with Crippen molar-refractivity contribution in [3.05, 3.63) is 60.7 Å². The average molecular weight is 261 g/mol. The van der Waals surface area contributed by atoms with Crippen LogP contribution in [0.15, 0.2) is 60.7 Å². The number of benzene rings is 2. The van der Waals surface area contributed by atoms with Gasteiger partial charge in [-0.25, -0.2) is 0 Å². The van der Waals surface area contributed by atoms with Crippen molar-refractivity contribution in [1.82, 2.24) is 0 Å². The monoisotopic (exact) mass is 261 g/mol. The van der Waals surface area contributed by atoms with Crippen LogP contribution in [0.4, 0.5) is 0 Å². The molecule has 2 aromatic rings. The number of hydrogen-bond donors (Lipinski definition) is 2. The Morgan fingerprint density at radius 1 is 0.600 bits per heavy atom. The number of hydrogen-bond acceptors (Lipinski definition) is 2. The van der Waals surface area contributed by atoms with Gasteiger partial charge in [0.15, 0.2) is 0 Å². The minimum absolute atomic E-state index is 1.09. The zero-order valence-electron chi connectivity index (χ0n) is 8.38. The summed E-state index contributed by atoms with van der Waals surface area (Å²) < 4.78 is 14.8. The van der Waals surface area contributed by atoms with E-state index in [0.717, 1.165) is 8.70 Å². The predicted octanol–water partition coefficient (Wildman–Crippen LogP) is 0.160. The molecule has 3 heteroatoms. The Bertz CT molecular complexity index is 384. The first kappa shape index (κ1) is 10.4. The van der Waals surface area contributed by atoms with Gasteiger partial charge in [-0.15, -0.1) is 0 Å². The van der Waals surface area contributed by atoms with E-state index in [-0.39, 0.29) is 0 Å². The van der Waals surface area contributed by atoms with Crippen LogP contribution >= 0.6 is 0 Å².